The molecule has 1 unspecified atom stereocenters. The van der Waals surface area contributed by atoms with E-state index in [4.69, 9.17) is 0 Å². The molecule has 0 amide bonds. The highest BCUT2D eigenvalue weighted by Crippen LogP contribution is 2.27. The predicted octanol–water partition coefficient (Wildman–Crippen LogP) is 0.901. The molecule has 0 bridgehead atoms. The highest BCUT2D eigenvalue weighted by atomic mass is 32.2. The highest BCUT2D eigenvalue weighted by Gasteiger charge is 2.34. The third-order valence-corrected chi connectivity index (χ3v) is 6.95. The lowest BCUT2D eigenvalue weighted by atomic mass is 9.89. The van der Waals surface area contributed by atoms with Crippen molar-refractivity contribution in [1.82, 2.24) is 14.5 Å². The molecular weight excluding hydrogens is 344 g/mol. The van der Waals surface area contributed by atoms with Gasteiger partial charge in [0.1, 0.15) is 0 Å². The van der Waals surface area contributed by atoms with Crippen molar-refractivity contribution in [1.29, 1.82) is 0 Å². The Kier molecular flexibility index (Phi) is 5.10. The fourth-order valence-electron chi connectivity index (χ4n) is 3.58. The first kappa shape index (κ1) is 18.2. The fourth-order valence-corrected chi connectivity index (χ4v) is 5.04. The van der Waals surface area contributed by atoms with Gasteiger partial charge in [-0.3, -0.25) is 10.1 Å². The quantitative estimate of drug-likeness (QED) is 0.613. The number of hydrogen-bond donors (Lipinski definition) is 1. The van der Waals surface area contributed by atoms with Gasteiger partial charge in [-0.2, -0.15) is 4.31 Å². The van der Waals surface area contributed by atoms with Crippen molar-refractivity contribution in [2.24, 2.45) is 5.41 Å². The average Bonchev–Trinajstić information content (AvgIpc) is 3.01. The Morgan fingerprint density at radius 3 is 2.60 bits per heavy atom. The molecule has 138 valence electrons. The van der Waals surface area contributed by atoms with Gasteiger partial charge in [0.2, 0.25) is 10.0 Å². The second kappa shape index (κ2) is 6.99. The standard InChI is InChI=1S/C16H24N4O4S/c1-16(5-6-17-12-16)13-18-7-9-19(10-8-18)25(23,24)15-4-2-3-14(11-15)20(21)22/h2-4,11,17H,5-10,12-13H2,1H3. The summed E-state index contributed by atoms with van der Waals surface area (Å²) in [5, 5.41) is 14.3. The number of sulfonamides is 1. The minimum Gasteiger partial charge on any atom is -0.316 e. The van der Waals surface area contributed by atoms with Crippen LogP contribution in [0.25, 0.3) is 0 Å². The fraction of sp³-hybridized carbons (Fsp3) is 0.625. The summed E-state index contributed by atoms with van der Waals surface area (Å²) >= 11 is 0. The number of nitro groups is 1. The van der Waals surface area contributed by atoms with E-state index < -0.39 is 14.9 Å². The summed E-state index contributed by atoms with van der Waals surface area (Å²) in [6, 6.07) is 5.26. The van der Waals surface area contributed by atoms with Gasteiger partial charge in [-0.1, -0.05) is 13.0 Å². The molecule has 2 heterocycles. The Morgan fingerprint density at radius 2 is 2.00 bits per heavy atom. The zero-order chi connectivity index (χ0) is 18.1. The number of benzene rings is 1. The minimum absolute atomic E-state index is 0.0119. The van der Waals surface area contributed by atoms with Gasteiger partial charge < -0.3 is 10.2 Å². The van der Waals surface area contributed by atoms with Gasteiger partial charge in [0.25, 0.3) is 5.69 Å². The minimum atomic E-state index is -3.69. The average molecular weight is 368 g/mol. The van der Waals surface area contributed by atoms with Crippen molar-refractivity contribution in [2.75, 3.05) is 45.8 Å². The first-order valence-corrected chi connectivity index (χ1v) is 9.92. The first-order valence-electron chi connectivity index (χ1n) is 8.48. The van der Waals surface area contributed by atoms with Crippen LogP contribution in [0, 0.1) is 15.5 Å². The summed E-state index contributed by atoms with van der Waals surface area (Å²) in [5.74, 6) is 0. The second-order valence-electron chi connectivity index (χ2n) is 7.17. The maximum absolute atomic E-state index is 12.8. The lowest BCUT2D eigenvalue weighted by molar-refractivity contribution is -0.385. The van der Waals surface area contributed by atoms with Crippen LogP contribution in [-0.4, -0.2) is 68.4 Å². The Bertz CT molecular complexity index is 738. The molecule has 0 spiro atoms. The van der Waals surface area contributed by atoms with Crippen LogP contribution in [-0.2, 0) is 10.0 Å². The van der Waals surface area contributed by atoms with E-state index >= 15 is 0 Å². The van der Waals surface area contributed by atoms with Crippen molar-refractivity contribution in [3.05, 3.63) is 34.4 Å². The number of hydrogen-bond acceptors (Lipinski definition) is 6. The SMILES string of the molecule is CC1(CN2CCN(S(=O)(=O)c3cccc([N+](=O)[O-])c3)CC2)CCNC1. The Morgan fingerprint density at radius 1 is 1.28 bits per heavy atom. The van der Waals surface area contributed by atoms with Gasteiger partial charge >= 0.3 is 0 Å². The van der Waals surface area contributed by atoms with Crippen molar-refractivity contribution in [3.8, 4) is 0 Å². The largest absolute Gasteiger partial charge is 0.316 e. The van der Waals surface area contributed by atoms with Crippen LogP contribution in [0.4, 0.5) is 5.69 Å². The van der Waals surface area contributed by atoms with Gasteiger partial charge in [0.15, 0.2) is 0 Å². The smallest absolute Gasteiger partial charge is 0.270 e. The molecule has 1 atom stereocenters. The molecule has 2 saturated heterocycles. The maximum Gasteiger partial charge on any atom is 0.270 e. The van der Waals surface area contributed by atoms with E-state index in [1.807, 2.05) is 0 Å². The Balaban J connectivity index is 1.65. The third-order valence-electron chi connectivity index (χ3n) is 5.06. The monoisotopic (exact) mass is 368 g/mol. The molecule has 0 radical (unpaired) electrons. The molecule has 2 aliphatic heterocycles. The number of non-ortho nitro benzene ring substituents is 1. The van der Waals surface area contributed by atoms with Gasteiger partial charge in [0.05, 0.1) is 9.82 Å². The van der Waals surface area contributed by atoms with Crippen LogP contribution < -0.4 is 5.32 Å². The summed E-state index contributed by atoms with van der Waals surface area (Å²) in [7, 11) is -3.69. The third kappa shape index (κ3) is 4.00. The number of nitro benzene ring substituents is 1. The summed E-state index contributed by atoms with van der Waals surface area (Å²) in [4.78, 5) is 12.6. The zero-order valence-electron chi connectivity index (χ0n) is 14.3. The molecule has 8 nitrogen and oxygen atoms in total. The normalized spacial score (nSPS) is 26.0. The van der Waals surface area contributed by atoms with Gasteiger partial charge in [-0.25, -0.2) is 8.42 Å². The van der Waals surface area contributed by atoms with Crippen molar-refractivity contribution in [2.45, 2.75) is 18.2 Å². The second-order valence-corrected chi connectivity index (χ2v) is 9.11. The van der Waals surface area contributed by atoms with Crippen molar-refractivity contribution < 1.29 is 13.3 Å². The van der Waals surface area contributed by atoms with Crippen LogP contribution in [0.3, 0.4) is 0 Å². The molecule has 1 N–H and O–H groups in total. The van der Waals surface area contributed by atoms with E-state index in [0.29, 0.717) is 26.2 Å². The molecule has 25 heavy (non-hydrogen) atoms. The molecular formula is C16H24N4O4S. The lowest BCUT2D eigenvalue weighted by Crippen LogP contribution is -2.51. The van der Waals surface area contributed by atoms with E-state index in [9.17, 15) is 18.5 Å². The van der Waals surface area contributed by atoms with Gasteiger partial charge in [0, 0.05) is 51.4 Å². The van der Waals surface area contributed by atoms with E-state index in [-0.39, 0.29) is 16.0 Å². The molecule has 2 fully saturated rings. The lowest BCUT2D eigenvalue weighted by Gasteiger charge is -2.38. The van der Waals surface area contributed by atoms with Gasteiger partial charge in [-0.15, -0.1) is 0 Å². The van der Waals surface area contributed by atoms with Gasteiger partial charge in [-0.05, 0) is 24.4 Å². The number of rotatable bonds is 5. The molecule has 3 rings (SSSR count). The van der Waals surface area contributed by atoms with E-state index in [0.717, 1.165) is 32.1 Å². The summed E-state index contributed by atoms with van der Waals surface area (Å²) in [6.45, 7) is 7.46. The zero-order valence-corrected chi connectivity index (χ0v) is 15.2. The molecule has 0 aliphatic carbocycles. The maximum atomic E-state index is 12.8. The number of piperazine rings is 1. The molecule has 0 aromatic heterocycles. The number of nitrogens with zero attached hydrogens (tertiary/aromatic N) is 3. The van der Waals surface area contributed by atoms with E-state index in [1.54, 1.807) is 0 Å². The highest BCUT2D eigenvalue weighted by molar-refractivity contribution is 7.89. The summed E-state index contributed by atoms with van der Waals surface area (Å²) in [6.07, 6.45) is 1.14. The molecule has 0 saturated carbocycles. The van der Waals surface area contributed by atoms with Crippen LogP contribution in [0.5, 0.6) is 0 Å². The van der Waals surface area contributed by atoms with Crippen LogP contribution in [0.15, 0.2) is 29.2 Å². The van der Waals surface area contributed by atoms with Crippen LogP contribution in [0.1, 0.15) is 13.3 Å². The molecule has 1 aromatic rings. The first-order chi connectivity index (χ1) is 11.8. The molecule has 2 aliphatic rings. The van der Waals surface area contributed by atoms with Crippen molar-refractivity contribution >= 4 is 15.7 Å². The van der Waals surface area contributed by atoms with E-state index in [1.165, 1.54) is 22.5 Å². The molecule has 9 heteroatoms. The van der Waals surface area contributed by atoms with E-state index in [2.05, 4.69) is 17.1 Å². The topological polar surface area (TPSA) is 95.8 Å². The van der Waals surface area contributed by atoms with Crippen molar-refractivity contribution in [3.63, 3.8) is 0 Å². The summed E-state index contributed by atoms with van der Waals surface area (Å²) < 4.78 is 26.9. The molecule has 1 aromatic carbocycles. The Labute approximate surface area is 148 Å². The van der Waals surface area contributed by atoms with Crippen LogP contribution >= 0.6 is 0 Å². The Hall–Kier alpha value is -1.55. The summed E-state index contributed by atoms with van der Waals surface area (Å²) in [5.41, 5.74) is 0.0440. The number of nitrogens with one attached hydrogen (secondary N) is 1. The van der Waals surface area contributed by atoms with Crippen LogP contribution in [0.2, 0.25) is 0 Å². The predicted molar refractivity (Wildman–Crippen MR) is 93.9 cm³/mol.